The lowest BCUT2D eigenvalue weighted by molar-refractivity contribution is 0.265. The van der Waals surface area contributed by atoms with Gasteiger partial charge in [0.15, 0.2) is 11.5 Å². The smallest absolute Gasteiger partial charge is 0.320 e. The number of anilines is 1. The molecule has 0 saturated heterocycles. The predicted molar refractivity (Wildman–Crippen MR) is 59.2 cm³/mol. The van der Waals surface area contributed by atoms with Crippen LogP contribution < -0.4 is 14.4 Å². The molecule has 1 rings (SSSR count). The Bertz CT molecular complexity index is 368. The highest BCUT2D eigenvalue weighted by Crippen LogP contribution is 2.31. The van der Waals surface area contributed by atoms with E-state index in [0.717, 1.165) is 0 Å². The van der Waals surface area contributed by atoms with Crippen molar-refractivity contribution in [2.45, 2.75) is 0 Å². The first-order valence-electron chi connectivity index (χ1n) is 4.25. The van der Waals surface area contributed by atoms with Crippen molar-refractivity contribution in [1.82, 2.24) is 0 Å². The molecule has 5 heteroatoms. The first-order valence-corrected chi connectivity index (χ1v) is 4.63. The Morgan fingerprint density at radius 3 is 2.33 bits per heavy atom. The van der Waals surface area contributed by atoms with Gasteiger partial charge in [0.2, 0.25) is 0 Å². The molecule has 0 atom stereocenters. The number of hydrogen-bond donors (Lipinski definition) is 0. The number of nitrogens with zero attached hydrogens (tertiary/aromatic N) is 1. The molecule has 0 aliphatic heterocycles. The molecule has 0 radical (unpaired) electrons. The minimum absolute atomic E-state index is 0.554. The molecule has 82 valence electrons. The summed E-state index contributed by atoms with van der Waals surface area (Å²) < 4.78 is 10.2. The summed E-state index contributed by atoms with van der Waals surface area (Å²) in [6.07, 6.45) is 0. The maximum Gasteiger partial charge on any atom is 0.320 e. The van der Waals surface area contributed by atoms with Crippen LogP contribution in [-0.2, 0) is 0 Å². The van der Waals surface area contributed by atoms with Crippen LogP contribution in [-0.4, -0.2) is 26.6 Å². The van der Waals surface area contributed by atoms with Crippen molar-refractivity contribution >= 4 is 22.7 Å². The predicted octanol–water partition coefficient (Wildman–Crippen LogP) is 2.50. The van der Waals surface area contributed by atoms with Crippen LogP contribution in [0.4, 0.5) is 10.5 Å². The van der Waals surface area contributed by atoms with E-state index in [1.165, 1.54) is 12.0 Å². The van der Waals surface area contributed by atoms with Gasteiger partial charge >= 0.3 is 5.37 Å². The largest absolute Gasteiger partial charge is 0.493 e. The van der Waals surface area contributed by atoms with Gasteiger partial charge in [-0.25, -0.2) is 0 Å². The van der Waals surface area contributed by atoms with E-state index in [9.17, 15) is 4.79 Å². The number of rotatable bonds is 3. The van der Waals surface area contributed by atoms with Gasteiger partial charge in [0.05, 0.1) is 14.2 Å². The van der Waals surface area contributed by atoms with E-state index in [2.05, 4.69) is 0 Å². The molecular weight excluding hydrogens is 218 g/mol. The van der Waals surface area contributed by atoms with Gasteiger partial charge in [0.25, 0.3) is 0 Å². The number of carbonyl (C=O) groups is 1. The molecular formula is C10H12ClNO3. The monoisotopic (exact) mass is 229 g/mol. The van der Waals surface area contributed by atoms with E-state index in [1.807, 2.05) is 0 Å². The normalized spacial score (nSPS) is 9.60. The van der Waals surface area contributed by atoms with Crippen LogP contribution in [0, 0.1) is 0 Å². The maximum atomic E-state index is 10.9. The number of ether oxygens (including phenoxy) is 2. The Hall–Kier alpha value is -1.42. The molecule has 15 heavy (non-hydrogen) atoms. The summed E-state index contributed by atoms with van der Waals surface area (Å²) in [7, 11) is 4.66. The first-order chi connectivity index (χ1) is 7.10. The van der Waals surface area contributed by atoms with Gasteiger partial charge in [0, 0.05) is 18.8 Å². The van der Waals surface area contributed by atoms with Crippen molar-refractivity contribution in [2.24, 2.45) is 0 Å². The summed E-state index contributed by atoms with van der Waals surface area (Å²) in [5, 5.41) is -0.554. The fourth-order valence-electron chi connectivity index (χ4n) is 1.14. The number of hydrogen-bond acceptors (Lipinski definition) is 3. The van der Waals surface area contributed by atoms with Crippen molar-refractivity contribution in [2.75, 3.05) is 26.2 Å². The van der Waals surface area contributed by atoms with E-state index in [-0.39, 0.29) is 0 Å². The Morgan fingerprint density at radius 2 is 1.87 bits per heavy atom. The summed E-state index contributed by atoms with van der Waals surface area (Å²) in [5.41, 5.74) is 0.646. The number of methoxy groups -OCH3 is 2. The lowest BCUT2D eigenvalue weighted by Crippen LogP contribution is -2.19. The van der Waals surface area contributed by atoms with Crippen LogP contribution >= 0.6 is 11.6 Å². The average molecular weight is 230 g/mol. The van der Waals surface area contributed by atoms with E-state index in [4.69, 9.17) is 21.1 Å². The van der Waals surface area contributed by atoms with Crippen molar-refractivity contribution in [1.29, 1.82) is 0 Å². The summed E-state index contributed by atoms with van der Waals surface area (Å²) in [6, 6.07) is 5.12. The fraction of sp³-hybridized carbons (Fsp3) is 0.300. The fourth-order valence-corrected chi connectivity index (χ4v) is 1.23. The molecule has 0 heterocycles. The molecule has 0 fully saturated rings. The SMILES string of the molecule is COc1ccc(N(C)C(=O)Cl)cc1OC. The highest BCUT2D eigenvalue weighted by molar-refractivity contribution is 6.66. The molecule has 0 saturated carbocycles. The minimum atomic E-state index is -0.554. The Kier molecular flexibility index (Phi) is 3.80. The zero-order valence-electron chi connectivity index (χ0n) is 8.78. The molecule has 0 spiro atoms. The average Bonchev–Trinajstić information content (AvgIpc) is 2.26. The number of benzene rings is 1. The lowest BCUT2D eigenvalue weighted by atomic mass is 10.2. The molecule has 1 aromatic rings. The maximum absolute atomic E-state index is 10.9. The van der Waals surface area contributed by atoms with Crippen LogP contribution in [0.25, 0.3) is 0 Å². The number of halogens is 1. The highest BCUT2D eigenvalue weighted by Gasteiger charge is 2.11. The van der Waals surface area contributed by atoms with Gasteiger partial charge in [-0.15, -0.1) is 0 Å². The number of carbonyl (C=O) groups excluding carboxylic acids is 1. The Morgan fingerprint density at radius 1 is 1.27 bits per heavy atom. The third-order valence-electron chi connectivity index (χ3n) is 2.02. The van der Waals surface area contributed by atoms with Crippen LogP contribution in [0.2, 0.25) is 0 Å². The zero-order chi connectivity index (χ0) is 11.4. The third-order valence-corrected chi connectivity index (χ3v) is 2.27. The van der Waals surface area contributed by atoms with Gasteiger partial charge < -0.3 is 14.4 Å². The van der Waals surface area contributed by atoms with Crippen LogP contribution in [0.3, 0.4) is 0 Å². The molecule has 0 aromatic heterocycles. The Balaban J connectivity index is 3.07. The van der Waals surface area contributed by atoms with E-state index < -0.39 is 5.37 Å². The molecule has 0 unspecified atom stereocenters. The molecule has 0 N–H and O–H groups in total. The van der Waals surface area contributed by atoms with Crippen molar-refractivity contribution in [3.63, 3.8) is 0 Å². The van der Waals surface area contributed by atoms with Crippen molar-refractivity contribution in [3.05, 3.63) is 18.2 Å². The topological polar surface area (TPSA) is 38.8 Å². The second-order valence-corrected chi connectivity index (χ2v) is 3.17. The second kappa shape index (κ2) is 4.89. The van der Waals surface area contributed by atoms with Gasteiger partial charge in [-0.05, 0) is 23.7 Å². The summed E-state index contributed by atoms with van der Waals surface area (Å²) >= 11 is 5.35. The van der Waals surface area contributed by atoms with Crippen LogP contribution in [0.15, 0.2) is 18.2 Å². The zero-order valence-corrected chi connectivity index (χ0v) is 9.54. The minimum Gasteiger partial charge on any atom is -0.493 e. The van der Waals surface area contributed by atoms with Gasteiger partial charge in [-0.2, -0.15) is 0 Å². The Labute approximate surface area is 93.3 Å². The lowest BCUT2D eigenvalue weighted by Gasteiger charge is -2.15. The van der Waals surface area contributed by atoms with Gasteiger partial charge in [-0.3, -0.25) is 4.79 Å². The summed E-state index contributed by atoms with van der Waals surface area (Å²) in [6.45, 7) is 0. The van der Waals surface area contributed by atoms with Crippen molar-refractivity contribution in [3.8, 4) is 11.5 Å². The summed E-state index contributed by atoms with van der Waals surface area (Å²) in [4.78, 5) is 12.2. The third kappa shape index (κ3) is 2.53. The van der Waals surface area contributed by atoms with Crippen molar-refractivity contribution < 1.29 is 14.3 Å². The van der Waals surface area contributed by atoms with Gasteiger partial charge in [-0.1, -0.05) is 0 Å². The molecule has 0 aliphatic rings. The van der Waals surface area contributed by atoms with E-state index in [1.54, 1.807) is 32.4 Å². The molecule has 4 nitrogen and oxygen atoms in total. The van der Waals surface area contributed by atoms with E-state index in [0.29, 0.717) is 17.2 Å². The quantitative estimate of drug-likeness (QED) is 0.591. The standard InChI is InChI=1S/C10H12ClNO3/c1-12(10(11)13)7-4-5-8(14-2)9(6-7)15-3/h4-6H,1-3H3. The highest BCUT2D eigenvalue weighted by atomic mass is 35.5. The molecule has 0 bridgehead atoms. The number of amides is 1. The molecule has 1 amide bonds. The van der Waals surface area contributed by atoms with Crippen LogP contribution in [0.5, 0.6) is 11.5 Å². The molecule has 1 aromatic carbocycles. The molecule has 0 aliphatic carbocycles. The summed E-state index contributed by atoms with van der Waals surface area (Å²) in [5.74, 6) is 1.16. The van der Waals surface area contributed by atoms with Gasteiger partial charge in [0.1, 0.15) is 0 Å². The first kappa shape index (κ1) is 11.7. The van der Waals surface area contributed by atoms with Crippen LogP contribution in [0.1, 0.15) is 0 Å². The second-order valence-electron chi connectivity index (χ2n) is 2.85. The van der Waals surface area contributed by atoms with E-state index >= 15 is 0 Å².